The van der Waals surface area contributed by atoms with E-state index < -0.39 is 17.6 Å². The Morgan fingerprint density at radius 3 is 2.16 bits per heavy atom. The number of carboxylic acid groups (broad SMARTS) is 1. The molecule has 0 radical (unpaired) electrons. The zero-order valence-corrected chi connectivity index (χ0v) is 12.3. The van der Waals surface area contributed by atoms with Crippen LogP contribution in [0.4, 0.5) is 0 Å². The number of rotatable bonds is 3. The van der Waals surface area contributed by atoms with Gasteiger partial charge in [-0.15, -0.1) is 0 Å². The number of carboxylic acids is 1. The average molecular weight is 270 g/mol. The molecule has 0 spiro atoms. The Morgan fingerprint density at radius 1 is 1.32 bits per heavy atom. The summed E-state index contributed by atoms with van der Waals surface area (Å²) in [7, 11) is 0. The van der Waals surface area contributed by atoms with Gasteiger partial charge in [0.25, 0.3) is 0 Å². The van der Waals surface area contributed by atoms with Crippen LogP contribution in [0.25, 0.3) is 0 Å². The standard InChI is InChI=1S/C14H26N2O3/c1-9-5-7-14(8-6-9,12(18)19)16-11(17)10(15)13(2,3)4/h9-10H,5-8,15H2,1-4H3,(H,16,17)(H,18,19)/t9?,10-,14?/m0/s1. The van der Waals surface area contributed by atoms with Crippen molar-refractivity contribution in [3.8, 4) is 0 Å². The summed E-state index contributed by atoms with van der Waals surface area (Å²) in [5.41, 5.74) is 4.38. The predicted molar refractivity (Wildman–Crippen MR) is 73.6 cm³/mol. The van der Waals surface area contributed by atoms with Crippen LogP contribution in [-0.4, -0.2) is 28.6 Å². The maximum atomic E-state index is 12.1. The SMILES string of the molecule is CC1CCC(NC(=O)[C@H](N)C(C)(C)C)(C(=O)O)CC1. The van der Waals surface area contributed by atoms with Crippen LogP contribution in [0.2, 0.25) is 0 Å². The summed E-state index contributed by atoms with van der Waals surface area (Å²) in [6.45, 7) is 7.71. The summed E-state index contributed by atoms with van der Waals surface area (Å²) < 4.78 is 0. The molecule has 1 amide bonds. The van der Waals surface area contributed by atoms with E-state index in [1.54, 1.807) is 0 Å². The van der Waals surface area contributed by atoms with Crippen LogP contribution in [0, 0.1) is 11.3 Å². The number of carbonyl (C=O) groups is 2. The van der Waals surface area contributed by atoms with Crippen LogP contribution in [0.5, 0.6) is 0 Å². The molecule has 1 atom stereocenters. The lowest BCUT2D eigenvalue weighted by molar-refractivity contribution is -0.150. The van der Waals surface area contributed by atoms with E-state index in [0.717, 1.165) is 12.8 Å². The molecule has 5 nitrogen and oxygen atoms in total. The minimum absolute atomic E-state index is 0.371. The zero-order valence-electron chi connectivity index (χ0n) is 12.3. The number of hydrogen-bond donors (Lipinski definition) is 3. The van der Waals surface area contributed by atoms with E-state index in [-0.39, 0.29) is 11.3 Å². The molecule has 0 aliphatic heterocycles. The minimum Gasteiger partial charge on any atom is -0.480 e. The Hall–Kier alpha value is -1.10. The molecule has 0 heterocycles. The van der Waals surface area contributed by atoms with Gasteiger partial charge in [0.2, 0.25) is 5.91 Å². The van der Waals surface area contributed by atoms with Gasteiger partial charge in [0.1, 0.15) is 5.54 Å². The van der Waals surface area contributed by atoms with Gasteiger partial charge in [0.05, 0.1) is 6.04 Å². The van der Waals surface area contributed by atoms with Crippen LogP contribution in [-0.2, 0) is 9.59 Å². The highest BCUT2D eigenvalue weighted by atomic mass is 16.4. The number of hydrogen-bond acceptors (Lipinski definition) is 3. The summed E-state index contributed by atoms with van der Waals surface area (Å²) in [6.07, 6.45) is 2.59. The second kappa shape index (κ2) is 5.49. The van der Waals surface area contributed by atoms with Crippen molar-refractivity contribution in [3.05, 3.63) is 0 Å². The van der Waals surface area contributed by atoms with E-state index in [1.165, 1.54) is 0 Å². The van der Waals surface area contributed by atoms with Gasteiger partial charge in [-0.2, -0.15) is 0 Å². The minimum atomic E-state index is -1.13. The molecule has 0 aromatic carbocycles. The molecule has 110 valence electrons. The van der Waals surface area contributed by atoms with Crippen molar-refractivity contribution in [2.75, 3.05) is 0 Å². The van der Waals surface area contributed by atoms with Crippen LogP contribution in [0.1, 0.15) is 53.4 Å². The fourth-order valence-corrected chi connectivity index (χ4v) is 2.35. The first-order valence-electron chi connectivity index (χ1n) is 6.89. The van der Waals surface area contributed by atoms with E-state index in [9.17, 15) is 14.7 Å². The number of aliphatic carboxylic acids is 1. The normalized spacial score (nSPS) is 29.6. The second-order valence-corrected chi connectivity index (χ2v) is 6.90. The molecule has 1 fully saturated rings. The summed E-state index contributed by atoms with van der Waals surface area (Å²) in [6, 6.07) is -0.705. The monoisotopic (exact) mass is 270 g/mol. The first kappa shape index (κ1) is 16.0. The smallest absolute Gasteiger partial charge is 0.329 e. The summed E-state index contributed by atoms with van der Waals surface area (Å²) in [4.78, 5) is 23.7. The second-order valence-electron chi connectivity index (χ2n) is 6.90. The molecule has 0 saturated heterocycles. The Morgan fingerprint density at radius 2 is 1.79 bits per heavy atom. The van der Waals surface area contributed by atoms with Gasteiger partial charge in [-0.1, -0.05) is 27.7 Å². The van der Waals surface area contributed by atoms with Crippen LogP contribution in [0.15, 0.2) is 0 Å². The fourth-order valence-electron chi connectivity index (χ4n) is 2.35. The fraction of sp³-hybridized carbons (Fsp3) is 0.857. The summed E-state index contributed by atoms with van der Waals surface area (Å²) in [5, 5.41) is 12.1. The lowest BCUT2D eigenvalue weighted by Gasteiger charge is -2.38. The van der Waals surface area contributed by atoms with E-state index in [1.807, 2.05) is 20.8 Å². The number of nitrogens with two attached hydrogens (primary N) is 1. The summed E-state index contributed by atoms with van der Waals surface area (Å²) >= 11 is 0. The highest BCUT2D eigenvalue weighted by molar-refractivity contribution is 5.90. The van der Waals surface area contributed by atoms with Gasteiger partial charge in [0, 0.05) is 0 Å². The molecule has 1 aliphatic rings. The van der Waals surface area contributed by atoms with Crippen molar-refractivity contribution in [1.82, 2.24) is 5.32 Å². The zero-order chi connectivity index (χ0) is 14.8. The first-order valence-corrected chi connectivity index (χ1v) is 6.89. The Bertz CT molecular complexity index is 352. The predicted octanol–water partition coefficient (Wildman–Crippen LogP) is 1.51. The lowest BCUT2D eigenvalue weighted by atomic mass is 9.76. The molecule has 4 N–H and O–H groups in total. The van der Waals surface area contributed by atoms with Gasteiger partial charge in [-0.05, 0) is 37.0 Å². The molecule has 1 aliphatic carbocycles. The maximum Gasteiger partial charge on any atom is 0.329 e. The molecule has 1 rings (SSSR count). The van der Waals surface area contributed by atoms with Gasteiger partial charge in [0.15, 0.2) is 0 Å². The molecule has 0 bridgehead atoms. The largest absolute Gasteiger partial charge is 0.480 e. The van der Waals surface area contributed by atoms with Crippen molar-refractivity contribution >= 4 is 11.9 Å². The lowest BCUT2D eigenvalue weighted by Crippen LogP contribution is -2.61. The number of carbonyl (C=O) groups excluding carboxylic acids is 1. The molecular weight excluding hydrogens is 244 g/mol. The molecule has 1 saturated carbocycles. The van der Waals surface area contributed by atoms with Gasteiger partial charge in [-0.3, -0.25) is 4.79 Å². The van der Waals surface area contributed by atoms with Crippen molar-refractivity contribution in [3.63, 3.8) is 0 Å². The van der Waals surface area contributed by atoms with E-state index in [4.69, 9.17) is 5.73 Å². The van der Waals surface area contributed by atoms with Crippen LogP contribution >= 0.6 is 0 Å². The molecule has 0 aromatic rings. The van der Waals surface area contributed by atoms with E-state index in [0.29, 0.717) is 18.8 Å². The van der Waals surface area contributed by atoms with Crippen molar-refractivity contribution < 1.29 is 14.7 Å². The third-order valence-electron chi connectivity index (χ3n) is 4.12. The third-order valence-corrected chi connectivity index (χ3v) is 4.12. The number of amides is 1. The van der Waals surface area contributed by atoms with Crippen molar-refractivity contribution in [2.45, 2.75) is 65.0 Å². The quantitative estimate of drug-likeness (QED) is 0.724. The Kier molecular flexibility index (Phi) is 4.61. The molecule has 19 heavy (non-hydrogen) atoms. The van der Waals surface area contributed by atoms with E-state index >= 15 is 0 Å². The number of nitrogens with one attached hydrogen (secondary N) is 1. The highest BCUT2D eigenvalue weighted by Crippen LogP contribution is 2.32. The van der Waals surface area contributed by atoms with Crippen molar-refractivity contribution in [1.29, 1.82) is 0 Å². The first-order chi connectivity index (χ1) is 8.58. The Labute approximate surface area is 114 Å². The van der Waals surface area contributed by atoms with E-state index in [2.05, 4.69) is 12.2 Å². The molecule has 0 aromatic heterocycles. The molecule has 0 unspecified atom stereocenters. The van der Waals surface area contributed by atoms with Gasteiger partial charge in [-0.25, -0.2) is 4.79 Å². The Balaban J connectivity index is 2.80. The van der Waals surface area contributed by atoms with Gasteiger partial charge >= 0.3 is 5.97 Å². The van der Waals surface area contributed by atoms with Crippen LogP contribution < -0.4 is 11.1 Å². The van der Waals surface area contributed by atoms with Gasteiger partial charge < -0.3 is 16.2 Å². The molecular formula is C14H26N2O3. The third kappa shape index (κ3) is 3.69. The highest BCUT2D eigenvalue weighted by Gasteiger charge is 2.44. The van der Waals surface area contributed by atoms with Crippen LogP contribution in [0.3, 0.4) is 0 Å². The average Bonchev–Trinajstić information content (AvgIpc) is 2.29. The topological polar surface area (TPSA) is 92.4 Å². The maximum absolute atomic E-state index is 12.1. The van der Waals surface area contributed by atoms with Crippen molar-refractivity contribution in [2.24, 2.45) is 17.1 Å². The summed E-state index contributed by atoms with van der Waals surface area (Å²) in [5.74, 6) is -0.807. The molecule has 5 heteroatoms.